The van der Waals surface area contributed by atoms with E-state index in [0.29, 0.717) is 27.8 Å². The van der Waals surface area contributed by atoms with Crippen molar-refractivity contribution in [3.05, 3.63) is 88.3 Å². The van der Waals surface area contributed by atoms with Gasteiger partial charge >= 0.3 is 5.97 Å². The molecule has 0 aliphatic heterocycles. The summed E-state index contributed by atoms with van der Waals surface area (Å²) in [5.41, 5.74) is 9.53. The Labute approximate surface area is 178 Å². The standard InChI is InChI=1S/C24H21N3O4/c1-2-31-24(29)19-11-12-26-23-22(19)20(13-21(28)27(23)30)18-9-7-17(8-10-18)16-5-3-15(14-25)4-6-16/h3-13,30H,2,14,25H2,1H3. The molecule has 31 heavy (non-hydrogen) atoms. The van der Waals surface area contributed by atoms with E-state index < -0.39 is 11.5 Å². The number of ether oxygens (including phenoxy) is 1. The molecule has 156 valence electrons. The SMILES string of the molecule is CCOC(=O)c1ccnc2c1c(-c1ccc(-c3ccc(CN)cc3)cc1)cc(=O)n2O. The van der Waals surface area contributed by atoms with Crippen LogP contribution in [-0.4, -0.2) is 27.5 Å². The van der Waals surface area contributed by atoms with Gasteiger partial charge in [0.2, 0.25) is 0 Å². The third-order valence-electron chi connectivity index (χ3n) is 5.09. The summed E-state index contributed by atoms with van der Waals surface area (Å²) in [6, 6.07) is 18.4. The van der Waals surface area contributed by atoms with Crippen molar-refractivity contribution in [1.82, 2.24) is 9.71 Å². The highest BCUT2D eigenvalue weighted by molar-refractivity contribution is 6.08. The van der Waals surface area contributed by atoms with Crippen molar-refractivity contribution in [2.75, 3.05) is 6.61 Å². The predicted octanol–water partition coefficient (Wildman–Crippen LogP) is 3.60. The second-order valence-electron chi connectivity index (χ2n) is 6.96. The van der Waals surface area contributed by atoms with E-state index in [-0.39, 0.29) is 17.8 Å². The second kappa shape index (κ2) is 8.41. The number of carbonyl (C=O) groups is 1. The molecule has 7 nitrogen and oxygen atoms in total. The Morgan fingerprint density at radius 2 is 1.65 bits per heavy atom. The number of hydrogen-bond donors (Lipinski definition) is 2. The lowest BCUT2D eigenvalue weighted by atomic mass is 9.96. The third kappa shape index (κ3) is 3.78. The van der Waals surface area contributed by atoms with Gasteiger partial charge in [-0.15, -0.1) is 4.73 Å². The molecule has 0 radical (unpaired) electrons. The van der Waals surface area contributed by atoms with Crippen LogP contribution in [0.5, 0.6) is 0 Å². The molecule has 0 bridgehead atoms. The van der Waals surface area contributed by atoms with Gasteiger partial charge in [0, 0.05) is 24.2 Å². The summed E-state index contributed by atoms with van der Waals surface area (Å²) < 4.78 is 5.59. The highest BCUT2D eigenvalue weighted by atomic mass is 16.5. The summed E-state index contributed by atoms with van der Waals surface area (Å²) in [4.78, 5) is 28.9. The Bertz CT molecular complexity index is 1310. The Morgan fingerprint density at radius 3 is 2.26 bits per heavy atom. The molecular formula is C24H21N3O4. The van der Waals surface area contributed by atoms with Crippen LogP contribution in [0.1, 0.15) is 22.8 Å². The van der Waals surface area contributed by atoms with E-state index in [9.17, 15) is 14.8 Å². The Hall–Kier alpha value is -3.97. The van der Waals surface area contributed by atoms with Crippen LogP contribution < -0.4 is 11.3 Å². The van der Waals surface area contributed by atoms with Gasteiger partial charge in [-0.1, -0.05) is 48.5 Å². The van der Waals surface area contributed by atoms with E-state index in [1.807, 2.05) is 48.5 Å². The molecule has 0 atom stereocenters. The zero-order valence-electron chi connectivity index (χ0n) is 16.9. The van der Waals surface area contributed by atoms with Crippen molar-refractivity contribution >= 4 is 17.0 Å². The number of aromatic nitrogens is 2. The normalized spacial score (nSPS) is 10.9. The summed E-state index contributed by atoms with van der Waals surface area (Å²) >= 11 is 0. The summed E-state index contributed by atoms with van der Waals surface area (Å²) in [6.07, 6.45) is 1.36. The molecule has 3 N–H and O–H groups in total. The van der Waals surface area contributed by atoms with Crippen LogP contribution in [0.15, 0.2) is 71.7 Å². The molecule has 2 aromatic carbocycles. The van der Waals surface area contributed by atoms with Gasteiger partial charge in [-0.05, 0) is 40.8 Å². The minimum atomic E-state index is -0.641. The first kappa shape index (κ1) is 20.3. The fourth-order valence-corrected chi connectivity index (χ4v) is 3.52. The van der Waals surface area contributed by atoms with Crippen molar-refractivity contribution in [2.24, 2.45) is 5.73 Å². The van der Waals surface area contributed by atoms with Crippen LogP contribution in [0.2, 0.25) is 0 Å². The molecular weight excluding hydrogens is 394 g/mol. The fourth-order valence-electron chi connectivity index (χ4n) is 3.52. The maximum absolute atomic E-state index is 12.5. The van der Waals surface area contributed by atoms with Crippen LogP contribution in [0.4, 0.5) is 0 Å². The zero-order chi connectivity index (χ0) is 22.0. The van der Waals surface area contributed by atoms with E-state index in [0.717, 1.165) is 16.7 Å². The van der Waals surface area contributed by atoms with E-state index >= 15 is 0 Å². The van der Waals surface area contributed by atoms with Crippen molar-refractivity contribution in [3.63, 3.8) is 0 Å². The third-order valence-corrected chi connectivity index (χ3v) is 5.09. The van der Waals surface area contributed by atoms with Gasteiger partial charge in [-0.25, -0.2) is 9.78 Å². The minimum absolute atomic E-state index is 0.00509. The number of carbonyl (C=O) groups excluding carboxylic acids is 1. The molecule has 2 heterocycles. The lowest BCUT2D eigenvalue weighted by Crippen LogP contribution is -2.19. The molecule has 0 spiro atoms. The number of esters is 1. The Balaban J connectivity index is 1.86. The number of nitrogens with two attached hydrogens (primary N) is 1. The summed E-state index contributed by atoms with van der Waals surface area (Å²) in [5.74, 6) is -0.550. The topological polar surface area (TPSA) is 107 Å². The van der Waals surface area contributed by atoms with Gasteiger partial charge in [0.1, 0.15) is 0 Å². The average Bonchev–Trinajstić information content (AvgIpc) is 2.81. The number of benzene rings is 2. The molecule has 4 rings (SSSR count). The van der Waals surface area contributed by atoms with Gasteiger partial charge < -0.3 is 15.7 Å². The molecule has 7 heteroatoms. The monoisotopic (exact) mass is 415 g/mol. The Morgan fingerprint density at radius 1 is 1.03 bits per heavy atom. The first-order chi connectivity index (χ1) is 15.0. The van der Waals surface area contributed by atoms with Gasteiger partial charge in [-0.2, -0.15) is 0 Å². The highest BCUT2D eigenvalue weighted by Crippen LogP contribution is 2.31. The van der Waals surface area contributed by atoms with Crippen molar-refractivity contribution in [3.8, 4) is 22.3 Å². The molecule has 0 unspecified atom stereocenters. The lowest BCUT2D eigenvalue weighted by Gasteiger charge is -2.13. The van der Waals surface area contributed by atoms with Crippen LogP contribution >= 0.6 is 0 Å². The summed E-state index contributed by atoms with van der Waals surface area (Å²) in [7, 11) is 0. The molecule has 0 aliphatic rings. The summed E-state index contributed by atoms with van der Waals surface area (Å²) in [6.45, 7) is 2.40. The average molecular weight is 415 g/mol. The molecule has 2 aromatic heterocycles. The quantitative estimate of drug-likeness (QED) is 0.381. The number of fused-ring (bicyclic) bond motifs is 1. The van der Waals surface area contributed by atoms with Gasteiger partial charge in [0.05, 0.1) is 12.2 Å². The molecule has 0 amide bonds. The van der Waals surface area contributed by atoms with Gasteiger partial charge in [0.15, 0.2) is 5.65 Å². The van der Waals surface area contributed by atoms with Gasteiger partial charge in [-0.3, -0.25) is 4.79 Å². The number of pyridine rings is 2. The largest absolute Gasteiger partial charge is 0.462 e. The molecule has 0 saturated carbocycles. The highest BCUT2D eigenvalue weighted by Gasteiger charge is 2.19. The van der Waals surface area contributed by atoms with Crippen LogP contribution in [0.3, 0.4) is 0 Å². The summed E-state index contributed by atoms with van der Waals surface area (Å²) in [5, 5.41) is 10.5. The van der Waals surface area contributed by atoms with Crippen LogP contribution in [0.25, 0.3) is 33.3 Å². The van der Waals surface area contributed by atoms with Gasteiger partial charge in [0.25, 0.3) is 5.56 Å². The van der Waals surface area contributed by atoms with Crippen LogP contribution in [-0.2, 0) is 11.3 Å². The van der Waals surface area contributed by atoms with E-state index in [4.69, 9.17) is 10.5 Å². The minimum Gasteiger partial charge on any atom is -0.462 e. The second-order valence-corrected chi connectivity index (χ2v) is 6.96. The Kier molecular flexibility index (Phi) is 5.51. The first-order valence-electron chi connectivity index (χ1n) is 9.84. The predicted molar refractivity (Wildman–Crippen MR) is 118 cm³/mol. The van der Waals surface area contributed by atoms with Crippen molar-refractivity contribution in [1.29, 1.82) is 0 Å². The van der Waals surface area contributed by atoms with E-state index in [1.165, 1.54) is 18.3 Å². The lowest BCUT2D eigenvalue weighted by molar-refractivity contribution is 0.0528. The van der Waals surface area contributed by atoms with E-state index in [2.05, 4.69) is 4.98 Å². The number of rotatable bonds is 5. The molecule has 0 saturated heterocycles. The zero-order valence-corrected chi connectivity index (χ0v) is 16.9. The van der Waals surface area contributed by atoms with E-state index in [1.54, 1.807) is 6.92 Å². The van der Waals surface area contributed by atoms with Crippen molar-refractivity contribution < 1.29 is 14.7 Å². The smallest absolute Gasteiger partial charge is 0.338 e. The van der Waals surface area contributed by atoms with Crippen molar-refractivity contribution in [2.45, 2.75) is 13.5 Å². The fraction of sp³-hybridized carbons (Fsp3) is 0.125. The van der Waals surface area contributed by atoms with Crippen LogP contribution in [0, 0.1) is 0 Å². The maximum atomic E-state index is 12.5. The molecule has 0 fully saturated rings. The first-order valence-corrected chi connectivity index (χ1v) is 9.84. The molecule has 0 aliphatic carbocycles. The number of nitrogens with zero attached hydrogens (tertiary/aromatic N) is 2. The number of hydrogen-bond acceptors (Lipinski definition) is 6. The maximum Gasteiger partial charge on any atom is 0.338 e. The molecule has 4 aromatic rings.